The van der Waals surface area contributed by atoms with E-state index in [-0.39, 0.29) is 0 Å². The van der Waals surface area contributed by atoms with Crippen LogP contribution in [0, 0.1) is 6.92 Å². The molecule has 21 heavy (non-hydrogen) atoms. The average molecular weight is 285 g/mol. The van der Waals surface area contributed by atoms with E-state index in [9.17, 15) is 0 Å². The van der Waals surface area contributed by atoms with Crippen LogP contribution in [0.5, 0.6) is 0 Å². The number of aryl methyl sites for hydroxylation is 1. The predicted molar refractivity (Wildman–Crippen MR) is 89.7 cm³/mol. The Balaban J connectivity index is 2.12. The zero-order valence-electron chi connectivity index (χ0n) is 13.7. The summed E-state index contributed by atoms with van der Waals surface area (Å²) in [6.45, 7) is 13.1. The van der Waals surface area contributed by atoms with Gasteiger partial charge in [0.15, 0.2) is 0 Å². The molecule has 1 aromatic heterocycles. The summed E-state index contributed by atoms with van der Waals surface area (Å²) < 4.78 is 2.47. The Bertz CT molecular complexity index is 654. The number of fused-ring (bicyclic) bond motifs is 2. The molecule has 1 aromatic carbocycles. The predicted octanol–water partition coefficient (Wildman–Crippen LogP) is 3.11. The summed E-state index contributed by atoms with van der Waals surface area (Å²) in [4.78, 5) is 0. The summed E-state index contributed by atoms with van der Waals surface area (Å²) >= 11 is 0. The van der Waals surface area contributed by atoms with Crippen molar-refractivity contribution in [2.24, 2.45) is 0 Å². The third-order valence-electron chi connectivity index (χ3n) is 4.79. The minimum atomic E-state index is 0.524. The molecule has 0 radical (unpaired) electrons. The lowest BCUT2D eigenvalue weighted by Crippen LogP contribution is -2.27. The topological polar surface area (TPSA) is 29.0 Å². The van der Waals surface area contributed by atoms with E-state index in [0.29, 0.717) is 6.04 Å². The summed E-state index contributed by atoms with van der Waals surface area (Å²) in [5.74, 6) is 0. The van der Waals surface area contributed by atoms with Gasteiger partial charge in [-0.05, 0) is 62.6 Å². The fourth-order valence-corrected chi connectivity index (χ4v) is 3.73. The van der Waals surface area contributed by atoms with Gasteiger partial charge in [0, 0.05) is 42.3 Å². The Morgan fingerprint density at radius 1 is 1.24 bits per heavy atom. The van der Waals surface area contributed by atoms with Crippen molar-refractivity contribution >= 4 is 10.9 Å². The highest BCUT2D eigenvalue weighted by Crippen LogP contribution is 2.31. The second-order valence-electron chi connectivity index (χ2n) is 6.21. The molecule has 1 unspecified atom stereocenters. The lowest BCUT2D eigenvalue weighted by Gasteiger charge is -2.13. The smallest absolute Gasteiger partial charge is 0.0488 e. The van der Waals surface area contributed by atoms with Gasteiger partial charge in [0.05, 0.1) is 0 Å². The minimum absolute atomic E-state index is 0.524. The molecule has 0 spiro atoms. The highest BCUT2D eigenvalue weighted by molar-refractivity contribution is 5.87. The summed E-state index contributed by atoms with van der Waals surface area (Å²) in [6, 6.07) is 5.36. The highest BCUT2D eigenvalue weighted by atomic mass is 15.0. The minimum Gasteiger partial charge on any atom is -0.345 e. The van der Waals surface area contributed by atoms with Crippen LogP contribution in [0.1, 0.15) is 43.2 Å². The molecular weight excluding hydrogens is 258 g/mol. The highest BCUT2D eigenvalue weighted by Gasteiger charge is 2.19. The average Bonchev–Trinajstić information content (AvgIpc) is 3.00. The Morgan fingerprint density at radius 2 is 1.95 bits per heavy atom. The fourth-order valence-electron chi connectivity index (χ4n) is 3.73. The summed E-state index contributed by atoms with van der Waals surface area (Å²) in [5.41, 5.74) is 7.33. The van der Waals surface area contributed by atoms with Crippen molar-refractivity contribution in [2.45, 2.75) is 59.8 Å². The molecule has 0 bridgehead atoms. The van der Waals surface area contributed by atoms with Gasteiger partial charge in [-0.3, -0.25) is 0 Å². The number of hydrogen-bond donors (Lipinski definition) is 2. The maximum absolute atomic E-state index is 3.54. The molecule has 114 valence electrons. The lowest BCUT2D eigenvalue weighted by molar-refractivity contribution is 0.564. The van der Waals surface area contributed by atoms with E-state index in [0.717, 1.165) is 32.6 Å². The van der Waals surface area contributed by atoms with Crippen molar-refractivity contribution in [2.75, 3.05) is 6.54 Å². The van der Waals surface area contributed by atoms with Gasteiger partial charge in [0.2, 0.25) is 0 Å². The van der Waals surface area contributed by atoms with Crippen molar-refractivity contribution in [3.63, 3.8) is 0 Å². The van der Waals surface area contributed by atoms with Gasteiger partial charge in [0.1, 0.15) is 0 Å². The van der Waals surface area contributed by atoms with E-state index < -0.39 is 0 Å². The van der Waals surface area contributed by atoms with Gasteiger partial charge in [-0.1, -0.05) is 6.92 Å². The number of aromatic nitrogens is 1. The van der Waals surface area contributed by atoms with Crippen LogP contribution in [0.25, 0.3) is 10.9 Å². The zero-order valence-corrected chi connectivity index (χ0v) is 13.7. The molecule has 1 atom stereocenters. The third kappa shape index (κ3) is 2.49. The molecule has 0 amide bonds. The SMILES string of the molecule is CCNC(C)Cc1c(C)n(CC)c2cc3c(cc12)CNC3. The van der Waals surface area contributed by atoms with Gasteiger partial charge >= 0.3 is 0 Å². The van der Waals surface area contributed by atoms with Crippen LogP contribution in [0.3, 0.4) is 0 Å². The molecule has 1 aliphatic rings. The summed E-state index contributed by atoms with van der Waals surface area (Å²) in [6.07, 6.45) is 1.11. The fraction of sp³-hybridized carbons (Fsp3) is 0.556. The van der Waals surface area contributed by atoms with Crippen LogP contribution in [0.2, 0.25) is 0 Å². The quantitative estimate of drug-likeness (QED) is 0.884. The first kappa shape index (κ1) is 14.6. The molecule has 3 heteroatoms. The molecule has 0 saturated heterocycles. The second-order valence-corrected chi connectivity index (χ2v) is 6.21. The normalized spacial score (nSPS) is 15.6. The molecule has 0 saturated carbocycles. The number of nitrogens with zero attached hydrogens (tertiary/aromatic N) is 1. The Hall–Kier alpha value is -1.32. The first-order valence-corrected chi connectivity index (χ1v) is 8.23. The number of nitrogens with one attached hydrogen (secondary N) is 2. The maximum atomic E-state index is 3.54. The van der Waals surface area contributed by atoms with Crippen LogP contribution in [-0.4, -0.2) is 17.2 Å². The van der Waals surface area contributed by atoms with Crippen LogP contribution >= 0.6 is 0 Å². The first-order valence-electron chi connectivity index (χ1n) is 8.23. The van der Waals surface area contributed by atoms with E-state index in [1.807, 2.05) is 0 Å². The number of rotatable bonds is 5. The molecule has 3 nitrogen and oxygen atoms in total. The van der Waals surface area contributed by atoms with E-state index in [1.165, 1.54) is 33.3 Å². The summed E-state index contributed by atoms with van der Waals surface area (Å²) in [5, 5.41) is 8.47. The molecule has 2 N–H and O–H groups in total. The van der Waals surface area contributed by atoms with Crippen LogP contribution in [-0.2, 0) is 26.1 Å². The Morgan fingerprint density at radius 3 is 2.62 bits per heavy atom. The number of likely N-dealkylation sites (N-methyl/N-ethyl adjacent to an activating group) is 1. The molecule has 2 aromatic rings. The molecule has 0 aliphatic carbocycles. The van der Waals surface area contributed by atoms with Crippen molar-refractivity contribution in [3.8, 4) is 0 Å². The molecule has 2 heterocycles. The molecular formula is C18H27N3. The van der Waals surface area contributed by atoms with Gasteiger partial charge in [-0.25, -0.2) is 0 Å². The van der Waals surface area contributed by atoms with Gasteiger partial charge in [-0.2, -0.15) is 0 Å². The van der Waals surface area contributed by atoms with Crippen LogP contribution in [0.4, 0.5) is 0 Å². The monoisotopic (exact) mass is 285 g/mol. The molecule has 1 aliphatic heterocycles. The molecule has 3 rings (SSSR count). The van der Waals surface area contributed by atoms with Gasteiger partial charge in [-0.15, -0.1) is 0 Å². The van der Waals surface area contributed by atoms with E-state index >= 15 is 0 Å². The van der Waals surface area contributed by atoms with E-state index in [4.69, 9.17) is 0 Å². The van der Waals surface area contributed by atoms with Crippen molar-refractivity contribution < 1.29 is 0 Å². The number of benzene rings is 1. The van der Waals surface area contributed by atoms with E-state index in [2.05, 4.69) is 55.0 Å². The first-order chi connectivity index (χ1) is 10.2. The van der Waals surface area contributed by atoms with Crippen molar-refractivity contribution in [1.29, 1.82) is 0 Å². The van der Waals surface area contributed by atoms with Crippen molar-refractivity contribution in [3.05, 3.63) is 34.5 Å². The van der Waals surface area contributed by atoms with Crippen LogP contribution < -0.4 is 10.6 Å². The van der Waals surface area contributed by atoms with Gasteiger partial charge in [0.25, 0.3) is 0 Å². The number of hydrogen-bond acceptors (Lipinski definition) is 2. The van der Waals surface area contributed by atoms with Crippen molar-refractivity contribution in [1.82, 2.24) is 15.2 Å². The van der Waals surface area contributed by atoms with E-state index in [1.54, 1.807) is 0 Å². The lowest BCUT2D eigenvalue weighted by atomic mass is 10.0. The standard InChI is InChI=1S/C18H27N3/c1-5-20-12(3)7-16-13(4)21(6-2)18-9-15-11-19-10-14(15)8-17(16)18/h8-9,12,19-20H,5-7,10-11H2,1-4H3. The largest absolute Gasteiger partial charge is 0.345 e. The third-order valence-corrected chi connectivity index (χ3v) is 4.79. The Labute approximate surface area is 127 Å². The van der Waals surface area contributed by atoms with Crippen LogP contribution in [0.15, 0.2) is 12.1 Å². The maximum Gasteiger partial charge on any atom is 0.0488 e. The Kier molecular flexibility index (Phi) is 4.05. The second kappa shape index (κ2) is 5.82. The zero-order chi connectivity index (χ0) is 15.0. The van der Waals surface area contributed by atoms with Gasteiger partial charge < -0.3 is 15.2 Å². The molecule has 0 fully saturated rings. The summed E-state index contributed by atoms with van der Waals surface area (Å²) in [7, 11) is 0.